The molecule has 0 atom stereocenters. The fourth-order valence-corrected chi connectivity index (χ4v) is 1.81. The van der Waals surface area contributed by atoms with E-state index >= 15 is 0 Å². The Balaban J connectivity index is 2.89. The van der Waals surface area contributed by atoms with Crippen LogP contribution in [0, 0.1) is 20.8 Å². The van der Waals surface area contributed by atoms with Gasteiger partial charge in [0.1, 0.15) is 5.82 Å². The standard InChI is InChI=1S/C11H14N4/c1-6-4-7(2)10-9(5-6)11(15-12)14-8(3)13-10/h4-5H,12H2,1-3H3,(H,13,14,15). The van der Waals surface area contributed by atoms with Crippen LogP contribution in [-0.2, 0) is 0 Å². The van der Waals surface area contributed by atoms with E-state index in [9.17, 15) is 0 Å². The van der Waals surface area contributed by atoms with E-state index in [1.807, 2.05) is 26.8 Å². The number of nitrogens with zero attached hydrogens (tertiary/aromatic N) is 2. The lowest BCUT2D eigenvalue weighted by molar-refractivity contribution is 1.07. The summed E-state index contributed by atoms with van der Waals surface area (Å²) in [6.07, 6.45) is 0. The summed E-state index contributed by atoms with van der Waals surface area (Å²) in [6.45, 7) is 5.95. The van der Waals surface area contributed by atoms with Gasteiger partial charge in [0, 0.05) is 5.39 Å². The fourth-order valence-electron chi connectivity index (χ4n) is 1.81. The van der Waals surface area contributed by atoms with Crippen LogP contribution in [0.5, 0.6) is 0 Å². The molecule has 0 bridgehead atoms. The predicted molar refractivity (Wildman–Crippen MR) is 61.6 cm³/mol. The average Bonchev–Trinajstić information content (AvgIpc) is 2.18. The van der Waals surface area contributed by atoms with Crippen LogP contribution in [0.25, 0.3) is 10.9 Å². The van der Waals surface area contributed by atoms with Crippen LogP contribution in [0.4, 0.5) is 5.82 Å². The van der Waals surface area contributed by atoms with Gasteiger partial charge in [-0.1, -0.05) is 6.07 Å². The maximum atomic E-state index is 5.44. The molecule has 0 fully saturated rings. The number of hydrogen-bond acceptors (Lipinski definition) is 4. The Labute approximate surface area is 88.5 Å². The molecule has 4 nitrogen and oxygen atoms in total. The van der Waals surface area contributed by atoms with Gasteiger partial charge in [-0.15, -0.1) is 0 Å². The number of hydrazine groups is 1. The van der Waals surface area contributed by atoms with E-state index < -0.39 is 0 Å². The normalized spacial score (nSPS) is 10.7. The Morgan fingerprint density at radius 3 is 2.53 bits per heavy atom. The van der Waals surface area contributed by atoms with E-state index in [0.717, 1.165) is 22.3 Å². The van der Waals surface area contributed by atoms with E-state index in [1.165, 1.54) is 5.56 Å². The number of nitrogen functional groups attached to an aromatic ring is 1. The zero-order valence-electron chi connectivity index (χ0n) is 9.13. The third-order valence-corrected chi connectivity index (χ3v) is 2.38. The van der Waals surface area contributed by atoms with Crippen LogP contribution >= 0.6 is 0 Å². The molecule has 78 valence electrons. The highest BCUT2D eigenvalue weighted by Gasteiger charge is 2.07. The second-order valence-corrected chi connectivity index (χ2v) is 3.74. The van der Waals surface area contributed by atoms with Crippen molar-refractivity contribution in [3.8, 4) is 0 Å². The zero-order chi connectivity index (χ0) is 11.0. The minimum absolute atomic E-state index is 0.685. The number of nitrogens with one attached hydrogen (secondary N) is 1. The number of anilines is 1. The monoisotopic (exact) mass is 202 g/mol. The smallest absolute Gasteiger partial charge is 0.151 e. The van der Waals surface area contributed by atoms with Gasteiger partial charge < -0.3 is 5.43 Å². The number of benzene rings is 1. The molecule has 0 saturated heterocycles. The third kappa shape index (κ3) is 1.64. The summed E-state index contributed by atoms with van der Waals surface area (Å²) < 4.78 is 0. The highest BCUT2D eigenvalue weighted by molar-refractivity contribution is 5.91. The van der Waals surface area contributed by atoms with Gasteiger partial charge in [0.15, 0.2) is 5.82 Å². The zero-order valence-corrected chi connectivity index (χ0v) is 9.13. The lowest BCUT2D eigenvalue weighted by Crippen LogP contribution is -2.10. The summed E-state index contributed by atoms with van der Waals surface area (Å²) >= 11 is 0. The summed E-state index contributed by atoms with van der Waals surface area (Å²) in [5.74, 6) is 6.85. The first-order chi connectivity index (χ1) is 7.11. The lowest BCUT2D eigenvalue weighted by Gasteiger charge is -2.08. The number of nitrogens with two attached hydrogens (primary N) is 1. The maximum absolute atomic E-state index is 5.44. The second kappa shape index (κ2) is 3.47. The Kier molecular flexibility index (Phi) is 2.28. The summed E-state index contributed by atoms with van der Waals surface area (Å²) in [6, 6.07) is 4.14. The van der Waals surface area contributed by atoms with Crippen molar-refractivity contribution >= 4 is 16.7 Å². The molecule has 1 heterocycles. The summed E-state index contributed by atoms with van der Waals surface area (Å²) in [4.78, 5) is 8.67. The molecule has 0 unspecified atom stereocenters. The molecule has 2 aromatic rings. The van der Waals surface area contributed by atoms with Gasteiger partial charge in [0.2, 0.25) is 0 Å². The number of fused-ring (bicyclic) bond motifs is 1. The van der Waals surface area contributed by atoms with E-state index in [4.69, 9.17) is 5.84 Å². The number of rotatable bonds is 1. The first-order valence-electron chi connectivity index (χ1n) is 4.84. The van der Waals surface area contributed by atoms with Gasteiger partial charge >= 0.3 is 0 Å². The first kappa shape index (κ1) is 9.86. The van der Waals surface area contributed by atoms with E-state index in [0.29, 0.717) is 5.82 Å². The molecule has 0 aliphatic carbocycles. The van der Waals surface area contributed by atoms with Crippen LogP contribution in [-0.4, -0.2) is 9.97 Å². The van der Waals surface area contributed by atoms with Gasteiger partial charge in [-0.2, -0.15) is 0 Å². The third-order valence-electron chi connectivity index (χ3n) is 2.38. The molecule has 1 aromatic carbocycles. The molecule has 1 aromatic heterocycles. The van der Waals surface area contributed by atoms with E-state index in [2.05, 4.69) is 21.5 Å². The summed E-state index contributed by atoms with van der Waals surface area (Å²) in [7, 11) is 0. The Hall–Kier alpha value is -1.68. The highest BCUT2D eigenvalue weighted by atomic mass is 15.3. The molecule has 15 heavy (non-hydrogen) atoms. The molecule has 0 aliphatic heterocycles. The van der Waals surface area contributed by atoms with E-state index in [-0.39, 0.29) is 0 Å². The topological polar surface area (TPSA) is 63.8 Å². The second-order valence-electron chi connectivity index (χ2n) is 3.74. The fraction of sp³-hybridized carbons (Fsp3) is 0.273. The molecular weight excluding hydrogens is 188 g/mol. The van der Waals surface area contributed by atoms with Crippen molar-refractivity contribution in [1.82, 2.24) is 9.97 Å². The molecule has 0 radical (unpaired) electrons. The van der Waals surface area contributed by atoms with Crippen molar-refractivity contribution in [3.63, 3.8) is 0 Å². The quantitative estimate of drug-likeness (QED) is 0.547. The van der Waals surface area contributed by atoms with Crippen molar-refractivity contribution in [2.75, 3.05) is 5.43 Å². The Morgan fingerprint density at radius 2 is 1.87 bits per heavy atom. The van der Waals surface area contributed by atoms with Crippen LogP contribution in [0.3, 0.4) is 0 Å². The minimum Gasteiger partial charge on any atom is -0.308 e. The molecule has 0 amide bonds. The molecular formula is C11H14N4. The Morgan fingerprint density at radius 1 is 1.13 bits per heavy atom. The van der Waals surface area contributed by atoms with Crippen LogP contribution < -0.4 is 11.3 Å². The molecule has 3 N–H and O–H groups in total. The lowest BCUT2D eigenvalue weighted by atomic mass is 10.1. The number of aromatic nitrogens is 2. The summed E-state index contributed by atoms with van der Waals surface area (Å²) in [5.41, 5.74) is 5.90. The van der Waals surface area contributed by atoms with Crippen molar-refractivity contribution in [2.24, 2.45) is 5.84 Å². The van der Waals surface area contributed by atoms with E-state index in [1.54, 1.807) is 0 Å². The number of aryl methyl sites for hydroxylation is 3. The van der Waals surface area contributed by atoms with Gasteiger partial charge in [0.25, 0.3) is 0 Å². The molecule has 4 heteroatoms. The van der Waals surface area contributed by atoms with Gasteiger partial charge in [-0.3, -0.25) is 0 Å². The van der Waals surface area contributed by atoms with Gasteiger partial charge in [-0.05, 0) is 38.0 Å². The minimum atomic E-state index is 0.685. The maximum Gasteiger partial charge on any atom is 0.151 e. The number of hydrogen-bond donors (Lipinski definition) is 2. The molecule has 0 saturated carbocycles. The van der Waals surface area contributed by atoms with Crippen LogP contribution in [0.1, 0.15) is 17.0 Å². The van der Waals surface area contributed by atoms with Crippen molar-refractivity contribution in [3.05, 3.63) is 29.1 Å². The van der Waals surface area contributed by atoms with Crippen molar-refractivity contribution in [1.29, 1.82) is 0 Å². The van der Waals surface area contributed by atoms with Crippen LogP contribution in [0.2, 0.25) is 0 Å². The van der Waals surface area contributed by atoms with Gasteiger partial charge in [0.05, 0.1) is 5.52 Å². The van der Waals surface area contributed by atoms with Gasteiger partial charge in [-0.25, -0.2) is 15.8 Å². The Bertz CT molecular complexity index is 519. The SMILES string of the molecule is Cc1cc(C)c2nc(C)nc(NN)c2c1. The largest absolute Gasteiger partial charge is 0.308 e. The summed E-state index contributed by atoms with van der Waals surface area (Å²) in [5, 5.41) is 0.973. The van der Waals surface area contributed by atoms with Crippen molar-refractivity contribution in [2.45, 2.75) is 20.8 Å². The average molecular weight is 202 g/mol. The molecule has 0 spiro atoms. The highest BCUT2D eigenvalue weighted by Crippen LogP contribution is 2.23. The molecule has 0 aliphatic rings. The molecule has 2 rings (SSSR count). The van der Waals surface area contributed by atoms with Crippen molar-refractivity contribution < 1.29 is 0 Å². The first-order valence-corrected chi connectivity index (χ1v) is 4.84. The predicted octanol–water partition coefficient (Wildman–Crippen LogP) is 1.84. The van der Waals surface area contributed by atoms with Crippen LogP contribution in [0.15, 0.2) is 12.1 Å².